The Morgan fingerprint density at radius 1 is 1.16 bits per heavy atom. The van der Waals surface area contributed by atoms with E-state index in [4.69, 9.17) is 4.52 Å². The number of fused-ring (bicyclic) bond motifs is 1. The number of hydrogen-bond acceptors (Lipinski definition) is 4. The lowest BCUT2D eigenvalue weighted by atomic mass is 10.1. The van der Waals surface area contributed by atoms with Crippen LogP contribution in [-0.4, -0.2) is 37.4 Å². The van der Waals surface area contributed by atoms with Gasteiger partial charge in [-0.05, 0) is 25.3 Å². The molecular formula is C24H32N4O3. The number of benzene rings is 1. The highest BCUT2D eigenvalue weighted by atomic mass is 16.5. The van der Waals surface area contributed by atoms with E-state index >= 15 is 0 Å². The third kappa shape index (κ3) is 4.75. The Kier molecular flexibility index (Phi) is 6.89. The molecule has 1 aromatic carbocycles. The predicted octanol–water partition coefficient (Wildman–Crippen LogP) is 6.26. The van der Waals surface area contributed by atoms with Gasteiger partial charge >= 0.3 is 6.09 Å². The van der Waals surface area contributed by atoms with Gasteiger partial charge in [-0.2, -0.15) is 4.98 Å². The molecule has 0 saturated carbocycles. The molecule has 0 spiro atoms. The summed E-state index contributed by atoms with van der Waals surface area (Å²) in [6.07, 6.45) is 11.7. The molecular weight excluding hydrogens is 392 g/mol. The third-order valence-electron chi connectivity index (χ3n) is 6.26. The van der Waals surface area contributed by atoms with Gasteiger partial charge in [0.05, 0.1) is 0 Å². The lowest BCUT2D eigenvalue weighted by Crippen LogP contribution is -2.28. The lowest BCUT2D eigenvalue weighted by Gasteiger charge is -2.17. The van der Waals surface area contributed by atoms with Gasteiger partial charge in [-0.1, -0.05) is 68.8 Å². The predicted molar refractivity (Wildman–Crippen MR) is 120 cm³/mol. The SMILES string of the molecule is CCCCCCCCCn1cc(-c2noc([C@@H]3CCCN3C(=O)O)n2)c2ccccc21. The van der Waals surface area contributed by atoms with Crippen LogP contribution in [0, 0.1) is 0 Å². The number of aromatic nitrogens is 3. The molecule has 2 aromatic heterocycles. The first-order chi connectivity index (χ1) is 15.2. The Hall–Kier alpha value is -2.83. The van der Waals surface area contributed by atoms with Crippen molar-refractivity contribution in [2.45, 2.75) is 77.3 Å². The van der Waals surface area contributed by atoms with E-state index < -0.39 is 6.09 Å². The zero-order valence-corrected chi connectivity index (χ0v) is 18.3. The van der Waals surface area contributed by atoms with E-state index in [0.29, 0.717) is 24.7 Å². The van der Waals surface area contributed by atoms with Crippen molar-refractivity contribution >= 4 is 17.0 Å². The number of hydrogen-bond donors (Lipinski definition) is 1. The minimum atomic E-state index is -0.937. The van der Waals surface area contributed by atoms with Crippen molar-refractivity contribution in [3.05, 3.63) is 36.4 Å². The molecule has 0 radical (unpaired) electrons. The number of amides is 1. The molecule has 1 fully saturated rings. The molecule has 4 rings (SSSR count). The summed E-state index contributed by atoms with van der Waals surface area (Å²) in [4.78, 5) is 17.5. The van der Waals surface area contributed by atoms with Crippen LogP contribution >= 0.6 is 0 Å². The van der Waals surface area contributed by atoms with Crippen molar-refractivity contribution in [1.82, 2.24) is 19.6 Å². The van der Waals surface area contributed by atoms with Gasteiger partial charge in [0.15, 0.2) is 0 Å². The number of rotatable bonds is 10. The Labute approximate surface area is 183 Å². The Morgan fingerprint density at radius 3 is 2.74 bits per heavy atom. The summed E-state index contributed by atoms with van der Waals surface area (Å²) in [6.45, 7) is 3.72. The number of unbranched alkanes of at least 4 members (excludes halogenated alkanes) is 6. The topological polar surface area (TPSA) is 84.4 Å². The van der Waals surface area contributed by atoms with E-state index in [0.717, 1.165) is 30.3 Å². The molecule has 1 saturated heterocycles. The van der Waals surface area contributed by atoms with Crippen LogP contribution < -0.4 is 0 Å². The zero-order valence-electron chi connectivity index (χ0n) is 18.3. The summed E-state index contributed by atoms with van der Waals surface area (Å²) in [7, 11) is 0. The van der Waals surface area contributed by atoms with Crippen molar-refractivity contribution in [2.24, 2.45) is 0 Å². The lowest BCUT2D eigenvalue weighted by molar-refractivity contribution is 0.131. The van der Waals surface area contributed by atoms with Crippen LogP contribution in [0.3, 0.4) is 0 Å². The monoisotopic (exact) mass is 424 g/mol. The van der Waals surface area contributed by atoms with Gasteiger partial charge < -0.3 is 14.2 Å². The highest BCUT2D eigenvalue weighted by Crippen LogP contribution is 2.34. The van der Waals surface area contributed by atoms with E-state index in [1.54, 1.807) is 0 Å². The highest BCUT2D eigenvalue weighted by Gasteiger charge is 2.34. The van der Waals surface area contributed by atoms with Gasteiger partial charge in [-0.25, -0.2) is 4.79 Å². The van der Waals surface area contributed by atoms with Gasteiger partial charge in [-0.3, -0.25) is 4.90 Å². The third-order valence-corrected chi connectivity index (χ3v) is 6.26. The Morgan fingerprint density at radius 2 is 1.94 bits per heavy atom. The number of para-hydroxylation sites is 1. The number of carbonyl (C=O) groups is 1. The first-order valence-corrected chi connectivity index (χ1v) is 11.6. The van der Waals surface area contributed by atoms with Crippen LogP contribution in [0.1, 0.15) is 76.6 Å². The molecule has 3 aromatic rings. The standard InChI is InChI=1S/C24H32N4O3/c1-2-3-4-5-6-7-10-15-27-17-19(18-12-8-9-13-20(18)27)22-25-23(31-26-22)21-14-11-16-28(21)24(29)30/h8-9,12-13,17,21H,2-7,10-11,14-16H2,1H3,(H,29,30)/t21-/m0/s1. The summed E-state index contributed by atoms with van der Waals surface area (Å²) < 4.78 is 7.80. The maximum atomic E-state index is 11.5. The van der Waals surface area contributed by atoms with Crippen molar-refractivity contribution in [3.63, 3.8) is 0 Å². The van der Waals surface area contributed by atoms with Gasteiger partial charge in [0.25, 0.3) is 0 Å². The number of likely N-dealkylation sites (tertiary alicyclic amines) is 1. The average Bonchev–Trinajstić information content (AvgIpc) is 3.51. The molecule has 3 heterocycles. The van der Waals surface area contributed by atoms with E-state index in [1.807, 2.05) is 6.07 Å². The molecule has 1 atom stereocenters. The van der Waals surface area contributed by atoms with Crippen LogP contribution in [-0.2, 0) is 6.54 Å². The van der Waals surface area contributed by atoms with Crippen molar-refractivity contribution < 1.29 is 14.4 Å². The summed E-state index contributed by atoms with van der Waals surface area (Å²) in [6, 6.07) is 7.94. The molecule has 1 amide bonds. The smallest absolute Gasteiger partial charge is 0.407 e. The molecule has 0 bridgehead atoms. The molecule has 1 aliphatic heterocycles. The summed E-state index contributed by atoms with van der Waals surface area (Å²) in [5, 5.41) is 14.7. The van der Waals surface area contributed by atoms with Crippen LogP contribution in [0.2, 0.25) is 0 Å². The second kappa shape index (κ2) is 9.98. The molecule has 1 N–H and O–H groups in total. The molecule has 1 aliphatic rings. The summed E-state index contributed by atoms with van der Waals surface area (Å²) in [5.41, 5.74) is 2.11. The van der Waals surface area contributed by atoms with Crippen LogP contribution in [0.15, 0.2) is 35.0 Å². The first-order valence-electron chi connectivity index (χ1n) is 11.6. The number of aryl methyl sites for hydroxylation is 1. The molecule has 7 heteroatoms. The quantitative estimate of drug-likeness (QED) is 0.388. The normalized spacial score (nSPS) is 16.4. The second-order valence-electron chi connectivity index (χ2n) is 8.46. The molecule has 0 aliphatic carbocycles. The average molecular weight is 425 g/mol. The van der Waals surface area contributed by atoms with Crippen molar-refractivity contribution in [2.75, 3.05) is 6.54 Å². The van der Waals surface area contributed by atoms with Gasteiger partial charge in [0.1, 0.15) is 6.04 Å². The van der Waals surface area contributed by atoms with Gasteiger partial charge in [-0.15, -0.1) is 0 Å². The number of nitrogens with zero attached hydrogens (tertiary/aromatic N) is 4. The van der Waals surface area contributed by atoms with Crippen LogP contribution in [0.4, 0.5) is 4.79 Å². The van der Waals surface area contributed by atoms with E-state index in [2.05, 4.69) is 46.0 Å². The fourth-order valence-corrected chi connectivity index (χ4v) is 4.58. The van der Waals surface area contributed by atoms with Gasteiger partial charge in [0.2, 0.25) is 11.7 Å². The Bertz CT molecular complexity index is 1010. The maximum absolute atomic E-state index is 11.5. The largest absolute Gasteiger partial charge is 0.465 e. The number of carboxylic acid groups (broad SMARTS) is 1. The van der Waals surface area contributed by atoms with Crippen LogP contribution in [0.5, 0.6) is 0 Å². The fraction of sp³-hybridized carbons (Fsp3) is 0.542. The Balaban J connectivity index is 1.49. The molecule has 7 nitrogen and oxygen atoms in total. The molecule has 31 heavy (non-hydrogen) atoms. The first kappa shape index (κ1) is 21.4. The molecule has 166 valence electrons. The second-order valence-corrected chi connectivity index (χ2v) is 8.46. The fourth-order valence-electron chi connectivity index (χ4n) is 4.58. The summed E-state index contributed by atoms with van der Waals surface area (Å²) in [5.74, 6) is 0.917. The van der Waals surface area contributed by atoms with E-state index in [-0.39, 0.29) is 6.04 Å². The molecule has 0 unspecified atom stereocenters. The zero-order chi connectivity index (χ0) is 21.6. The minimum absolute atomic E-state index is 0.347. The van der Waals surface area contributed by atoms with Crippen molar-refractivity contribution in [1.29, 1.82) is 0 Å². The van der Waals surface area contributed by atoms with E-state index in [9.17, 15) is 9.90 Å². The summed E-state index contributed by atoms with van der Waals surface area (Å²) >= 11 is 0. The highest BCUT2D eigenvalue weighted by molar-refractivity contribution is 5.94. The maximum Gasteiger partial charge on any atom is 0.407 e. The van der Waals surface area contributed by atoms with Gasteiger partial charge in [0, 0.05) is 35.8 Å². The van der Waals surface area contributed by atoms with Crippen LogP contribution in [0.25, 0.3) is 22.3 Å². The van der Waals surface area contributed by atoms with Crippen molar-refractivity contribution in [3.8, 4) is 11.4 Å². The minimum Gasteiger partial charge on any atom is -0.465 e. The van der Waals surface area contributed by atoms with E-state index in [1.165, 1.54) is 48.9 Å².